The van der Waals surface area contributed by atoms with E-state index in [4.69, 9.17) is 10.5 Å². The molecule has 2 fully saturated rings. The SMILES string of the molecule is CC(CNC(=O)C(N)C1CCOCC1)N(C)C1CC1.Cl.Cl. The van der Waals surface area contributed by atoms with E-state index < -0.39 is 0 Å². The monoisotopic (exact) mass is 341 g/mol. The van der Waals surface area contributed by atoms with Gasteiger partial charge in [0.05, 0.1) is 6.04 Å². The van der Waals surface area contributed by atoms with Gasteiger partial charge in [-0.05, 0) is 45.6 Å². The lowest BCUT2D eigenvalue weighted by molar-refractivity contribution is -0.124. The molecular formula is C14H29Cl2N3O2. The number of amides is 1. The predicted octanol–water partition coefficient (Wildman–Crippen LogP) is 1.18. The van der Waals surface area contributed by atoms with Crippen molar-refractivity contribution in [2.75, 3.05) is 26.8 Å². The first-order valence-electron chi connectivity index (χ1n) is 7.42. The molecule has 1 saturated carbocycles. The molecule has 5 nitrogen and oxygen atoms in total. The van der Waals surface area contributed by atoms with Crippen LogP contribution in [0.1, 0.15) is 32.6 Å². The average molecular weight is 342 g/mol. The number of hydrogen-bond acceptors (Lipinski definition) is 4. The van der Waals surface area contributed by atoms with Gasteiger partial charge < -0.3 is 15.8 Å². The minimum absolute atomic E-state index is 0. The van der Waals surface area contributed by atoms with Crippen molar-refractivity contribution in [3.63, 3.8) is 0 Å². The molecule has 1 saturated heterocycles. The second-order valence-corrected chi connectivity index (χ2v) is 5.97. The highest BCUT2D eigenvalue weighted by molar-refractivity contribution is 5.85. The van der Waals surface area contributed by atoms with Crippen LogP contribution in [-0.2, 0) is 9.53 Å². The third-order valence-corrected chi connectivity index (χ3v) is 4.47. The van der Waals surface area contributed by atoms with Gasteiger partial charge in [-0.15, -0.1) is 24.8 Å². The summed E-state index contributed by atoms with van der Waals surface area (Å²) in [6.07, 6.45) is 4.37. The first kappa shape index (κ1) is 20.9. The number of nitrogens with zero attached hydrogens (tertiary/aromatic N) is 1. The van der Waals surface area contributed by atoms with Gasteiger partial charge in [0.1, 0.15) is 0 Å². The van der Waals surface area contributed by atoms with Crippen molar-refractivity contribution in [2.45, 2.75) is 50.7 Å². The molecule has 0 aromatic carbocycles. The molecule has 3 N–H and O–H groups in total. The molecule has 21 heavy (non-hydrogen) atoms. The molecule has 1 amide bonds. The molecule has 126 valence electrons. The Morgan fingerprint density at radius 2 is 1.86 bits per heavy atom. The van der Waals surface area contributed by atoms with Gasteiger partial charge in [0.2, 0.25) is 5.91 Å². The van der Waals surface area contributed by atoms with Crippen molar-refractivity contribution >= 4 is 30.7 Å². The Bertz CT molecular complexity index is 311. The van der Waals surface area contributed by atoms with E-state index in [-0.39, 0.29) is 42.7 Å². The van der Waals surface area contributed by atoms with Crippen LogP contribution in [0.15, 0.2) is 0 Å². The average Bonchev–Trinajstić information content (AvgIpc) is 3.28. The summed E-state index contributed by atoms with van der Waals surface area (Å²) in [7, 11) is 2.13. The standard InChI is InChI=1S/C14H27N3O2.2ClH/c1-10(17(2)12-3-4-12)9-16-14(18)13(15)11-5-7-19-8-6-11;;/h10-13H,3-9,15H2,1-2H3,(H,16,18);2*1H. The van der Waals surface area contributed by atoms with Crippen LogP contribution in [0, 0.1) is 5.92 Å². The Hall–Kier alpha value is -0.0700. The molecular weight excluding hydrogens is 313 g/mol. The normalized spacial score (nSPS) is 21.9. The Morgan fingerprint density at radius 3 is 2.38 bits per heavy atom. The van der Waals surface area contributed by atoms with E-state index in [9.17, 15) is 4.79 Å². The Kier molecular flexibility index (Phi) is 9.81. The summed E-state index contributed by atoms with van der Waals surface area (Å²) in [6.45, 7) is 4.29. The van der Waals surface area contributed by atoms with E-state index in [1.165, 1.54) is 12.8 Å². The summed E-state index contributed by atoms with van der Waals surface area (Å²) < 4.78 is 5.30. The number of likely N-dealkylation sites (N-methyl/N-ethyl adjacent to an activating group) is 1. The third kappa shape index (κ3) is 6.28. The van der Waals surface area contributed by atoms with Gasteiger partial charge in [-0.2, -0.15) is 0 Å². The second kappa shape index (κ2) is 9.85. The zero-order chi connectivity index (χ0) is 13.8. The van der Waals surface area contributed by atoms with Crippen molar-refractivity contribution in [3.8, 4) is 0 Å². The van der Waals surface area contributed by atoms with Gasteiger partial charge in [0.15, 0.2) is 0 Å². The van der Waals surface area contributed by atoms with Crippen LogP contribution in [0.4, 0.5) is 0 Å². The lowest BCUT2D eigenvalue weighted by Gasteiger charge is -2.28. The van der Waals surface area contributed by atoms with Crippen LogP contribution < -0.4 is 11.1 Å². The van der Waals surface area contributed by atoms with E-state index in [1.54, 1.807) is 0 Å². The van der Waals surface area contributed by atoms with E-state index in [1.807, 2.05) is 0 Å². The van der Waals surface area contributed by atoms with Gasteiger partial charge in [0, 0.05) is 31.8 Å². The van der Waals surface area contributed by atoms with Crippen molar-refractivity contribution in [3.05, 3.63) is 0 Å². The molecule has 0 aromatic heterocycles. The molecule has 2 atom stereocenters. The summed E-state index contributed by atoms with van der Waals surface area (Å²) >= 11 is 0. The maximum Gasteiger partial charge on any atom is 0.237 e. The van der Waals surface area contributed by atoms with Crippen molar-refractivity contribution in [1.29, 1.82) is 0 Å². The molecule has 0 spiro atoms. The molecule has 1 aliphatic heterocycles. The van der Waals surface area contributed by atoms with Crippen molar-refractivity contribution in [2.24, 2.45) is 11.7 Å². The molecule has 1 heterocycles. The van der Waals surface area contributed by atoms with E-state index in [0.29, 0.717) is 12.6 Å². The van der Waals surface area contributed by atoms with Crippen molar-refractivity contribution < 1.29 is 9.53 Å². The van der Waals surface area contributed by atoms with Crippen LogP contribution in [0.25, 0.3) is 0 Å². The summed E-state index contributed by atoms with van der Waals surface area (Å²) in [4.78, 5) is 14.4. The van der Waals surface area contributed by atoms with Gasteiger partial charge in [-0.25, -0.2) is 0 Å². The molecule has 2 rings (SSSR count). The first-order valence-corrected chi connectivity index (χ1v) is 7.42. The summed E-state index contributed by atoms with van der Waals surface area (Å²) in [5, 5.41) is 3.00. The Balaban J connectivity index is 0.00000200. The highest BCUT2D eigenvalue weighted by atomic mass is 35.5. The number of carbonyl (C=O) groups is 1. The Morgan fingerprint density at radius 1 is 1.29 bits per heavy atom. The Labute approximate surface area is 140 Å². The topological polar surface area (TPSA) is 67.6 Å². The molecule has 7 heteroatoms. The van der Waals surface area contributed by atoms with Gasteiger partial charge in [-0.1, -0.05) is 0 Å². The van der Waals surface area contributed by atoms with Gasteiger partial charge >= 0.3 is 0 Å². The maximum absolute atomic E-state index is 12.1. The molecule has 0 bridgehead atoms. The van der Waals surface area contributed by atoms with Gasteiger partial charge in [-0.3, -0.25) is 9.69 Å². The number of nitrogens with two attached hydrogens (primary N) is 1. The number of rotatable bonds is 6. The van der Waals surface area contributed by atoms with E-state index in [0.717, 1.165) is 32.1 Å². The largest absolute Gasteiger partial charge is 0.381 e. The number of carbonyl (C=O) groups excluding carboxylic acids is 1. The summed E-state index contributed by atoms with van der Waals surface area (Å²) in [5.74, 6) is 0.258. The molecule has 2 aliphatic rings. The van der Waals surface area contributed by atoms with Crippen LogP contribution in [0.3, 0.4) is 0 Å². The highest BCUT2D eigenvalue weighted by Crippen LogP contribution is 2.26. The van der Waals surface area contributed by atoms with Crippen LogP contribution in [0.2, 0.25) is 0 Å². The van der Waals surface area contributed by atoms with Crippen LogP contribution in [-0.4, -0.2) is 55.7 Å². The van der Waals surface area contributed by atoms with E-state index in [2.05, 4.69) is 24.2 Å². The van der Waals surface area contributed by atoms with Crippen LogP contribution >= 0.6 is 24.8 Å². The summed E-state index contributed by atoms with van der Waals surface area (Å²) in [5.41, 5.74) is 6.05. The fourth-order valence-corrected chi connectivity index (χ4v) is 2.64. The van der Waals surface area contributed by atoms with Crippen LogP contribution in [0.5, 0.6) is 0 Å². The maximum atomic E-state index is 12.1. The zero-order valence-electron chi connectivity index (χ0n) is 12.9. The minimum atomic E-state index is -0.387. The molecule has 2 unspecified atom stereocenters. The molecule has 0 radical (unpaired) electrons. The zero-order valence-corrected chi connectivity index (χ0v) is 14.5. The third-order valence-electron chi connectivity index (χ3n) is 4.47. The lowest BCUT2D eigenvalue weighted by atomic mass is 9.92. The number of ether oxygens (including phenoxy) is 1. The number of nitrogens with one attached hydrogen (secondary N) is 1. The highest BCUT2D eigenvalue weighted by Gasteiger charge is 2.30. The second-order valence-electron chi connectivity index (χ2n) is 5.97. The van der Waals surface area contributed by atoms with E-state index >= 15 is 0 Å². The number of halogens is 2. The predicted molar refractivity (Wildman–Crippen MR) is 89.3 cm³/mol. The minimum Gasteiger partial charge on any atom is -0.381 e. The van der Waals surface area contributed by atoms with Gasteiger partial charge in [0.25, 0.3) is 0 Å². The lowest BCUT2D eigenvalue weighted by Crippen LogP contribution is -2.50. The number of hydrogen-bond donors (Lipinski definition) is 2. The molecule has 0 aromatic rings. The smallest absolute Gasteiger partial charge is 0.237 e. The summed E-state index contributed by atoms with van der Waals surface area (Å²) in [6, 6.07) is 0.705. The molecule has 1 aliphatic carbocycles. The first-order chi connectivity index (χ1) is 9.09. The quantitative estimate of drug-likeness (QED) is 0.761. The fourth-order valence-electron chi connectivity index (χ4n) is 2.64. The van der Waals surface area contributed by atoms with Crippen molar-refractivity contribution in [1.82, 2.24) is 10.2 Å². The fraction of sp³-hybridized carbons (Fsp3) is 0.929.